The average molecular weight is 229 g/mol. The summed E-state index contributed by atoms with van der Waals surface area (Å²) in [7, 11) is 0. The van der Waals surface area contributed by atoms with Crippen molar-refractivity contribution in [3.8, 4) is 0 Å². The number of allylic oxidation sites excluding steroid dienone is 1. The zero-order valence-electron chi connectivity index (χ0n) is 9.47. The third kappa shape index (κ3) is 1.67. The summed E-state index contributed by atoms with van der Waals surface area (Å²) in [6, 6.07) is 9.26. The lowest BCUT2D eigenvalue weighted by Crippen LogP contribution is -2.46. The summed E-state index contributed by atoms with van der Waals surface area (Å²) in [6.45, 7) is 0. The van der Waals surface area contributed by atoms with Crippen molar-refractivity contribution in [1.82, 2.24) is 0 Å². The Morgan fingerprint density at radius 1 is 1.29 bits per heavy atom. The topological polar surface area (TPSA) is 49.3 Å². The Balaban J connectivity index is 1.77. The number of nitrogens with one attached hydrogen (secondary N) is 1. The van der Waals surface area contributed by atoms with Crippen LogP contribution in [0.25, 0.3) is 0 Å². The highest BCUT2D eigenvalue weighted by atomic mass is 16.3. The summed E-state index contributed by atoms with van der Waals surface area (Å²) in [5.74, 6) is 0.0725. The van der Waals surface area contributed by atoms with Crippen molar-refractivity contribution < 1.29 is 9.90 Å². The Bertz CT molecular complexity index is 468. The highest BCUT2D eigenvalue weighted by Gasteiger charge is 2.52. The molecule has 1 amide bonds. The minimum Gasteiger partial charge on any atom is -0.379 e. The highest BCUT2D eigenvalue weighted by Crippen LogP contribution is 2.46. The first kappa shape index (κ1) is 10.5. The van der Waals surface area contributed by atoms with Crippen molar-refractivity contribution in [3.63, 3.8) is 0 Å². The van der Waals surface area contributed by atoms with Gasteiger partial charge < -0.3 is 10.4 Å². The first-order chi connectivity index (χ1) is 8.18. The molecular weight excluding hydrogens is 214 g/mol. The number of aliphatic hydroxyl groups is 1. The number of benzene rings is 1. The summed E-state index contributed by atoms with van der Waals surface area (Å²) < 4.78 is 0. The lowest BCUT2D eigenvalue weighted by molar-refractivity contribution is -0.136. The standard InChI is InChI=1S/C14H15NO2/c16-13(15-12-4-2-1-3-5-12)14(17)9-10-6-7-11(14)8-10/h1-7,10-11,17H,8-9H2,(H,15,16)/t10-,11+,14-/m1/s1. The summed E-state index contributed by atoms with van der Waals surface area (Å²) in [6.07, 6.45) is 5.53. The van der Waals surface area contributed by atoms with Gasteiger partial charge in [-0.1, -0.05) is 30.4 Å². The van der Waals surface area contributed by atoms with Gasteiger partial charge in [0.1, 0.15) is 5.60 Å². The van der Waals surface area contributed by atoms with Gasteiger partial charge >= 0.3 is 0 Å². The smallest absolute Gasteiger partial charge is 0.256 e. The van der Waals surface area contributed by atoms with E-state index in [0.717, 1.165) is 12.1 Å². The Morgan fingerprint density at radius 2 is 2.06 bits per heavy atom. The molecule has 17 heavy (non-hydrogen) atoms. The van der Waals surface area contributed by atoms with E-state index in [9.17, 15) is 9.90 Å². The molecule has 2 bridgehead atoms. The highest BCUT2D eigenvalue weighted by molar-refractivity contribution is 5.98. The maximum Gasteiger partial charge on any atom is 0.256 e. The zero-order valence-corrected chi connectivity index (χ0v) is 9.47. The summed E-state index contributed by atoms with van der Waals surface area (Å²) in [5, 5.41) is 13.2. The van der Waals surface area contributed by atoms with Crippen molar-refractivity contribution in [2.45, 2.75) is 18.4 Å². The predicted octanol–water partition coefficient (Wildman–Crippen LogP) is 1.95. The number of carbonyl (C=O) groups is 1. The molecule has 3 heteroatoms. The third-order valence-electron chi connectivity index (χ3n) is 3.78. The van der Waals surface area contributed by atoms with Crippen LogP contribution in [0.5, 0.6) is 0 Å². The number of carbonyl (C=O) groups excluding carboxylic acids is 1. The molecule has 1 fully saturated rings. The first-order valence-corrected chi connectivity index (χ1v) is 5.96. The van der Waals surface area contributed by atoms with Crippen molar-refractivity contribution in [2.24, 2.45) is 11.8 Å². The molecule has 1 aromatic carbocycles. The molecule has 0 saturated heterocycles. The van der Waals surface area contributed by atoms with Crippen LogP contribution in [-0.4, -0.2) is 16.6 Å². The molecular formula is C14H15NO2. The molecule has 0 radical (unpaired) electrons. The van der Waals surface area contributed by atoms with Gasteiger partial charge in [-0.3, -0.25) is 4.79 Å². The van der Waals surface area contributed by atoms with E-state index in [-0.39, 0.29) is 11.8 Å². The van der Waals surface area contributed by atoms with Gasteiger partial charge in [0, 0.05) is 11.6 Å². The van der Waals surface area contributed by atoms with Crippen molar-refractivity contribution in [2.75, 3.05) is 5.32 Å². The fourth-order valence-electron chi connectivity index (χ4n) is 2.85. The summed E-state index contributed by atoms with van der Waals surface area (Å²) in [4.78, 5) is 12.1. The fraction of sp³-hybridized carbons (Fsp3) is 0.357. The van der Waals surface area contributed by atoms with Gasteiger partial charge in [-0.05, 0) is 30.9 Å². The van der Waals surface area contributed by atoms with Gasteiger partial charge in [0.05, 0.1) is 0 Å². The van der Waals surface area contributed by atoms with Crippen molar-refractivity contribution >= 4 is 11.6 Å². The molecule has 0 unspecified atom stereocenters. The van der Waals surface area contributed by atoms with Gasteiger partial charge in [-0.15, -0.1) is 0 Å². The fourth-order valence-corrected chi connectivity index (χ4v) is 2.85. The van der Waals surface area contributed by atoms with E-state index < -0.39 is 5.60 Å². The average Bonchev–Trinajstić information content (AvgIpc) is 2.90. The monoisotopic (exact) mass is 229 g/mol. The number of anilines is 1. The molecule has 1 saturated carbocycles. The molecule has 0 spiro atoms. The number of para-hydroxylation sites is 1. The van der Waals surface area contributed by atoms with Gasteiger partial charge in [-0.2, -0.15) is 0 Å². The second-order valence-corrected chi connectivity index (χ2v) is 4.94. The molecule has 3 atom stereocenters. The molecule has 2 aliphatic carbocycles. The van der Waals surface area contributed by atoms with E-state index in [0.29, 0.717) is 12.3 Å². The van der Waals surface area contributed by atoms with Gasteiger partial charge in [0.15, 0.2) is 0 Å². The molecule has 0 heterocycles. The molecule has 2 aliphatic rings. The lowest BCUT2D eigenvalue weighted by Gasteiger charge is -2.28. The Labute approximate surface area is 100 Å². The van der Waals surface area contributed by atoms with E-state index >= 15 is 0 Å². The van der Waals surface area contributed by atoms with Crippen LogP contribution in [0.2, 0.25) is 0 Å². The van der Waals surface area contributed by atoms with Gasteiger partial charge in [-0.25, -0.2) is 0 Å². The van der Waals surface area contributed by atoms with Crippen LogP contribution in [0.15, 0.2) is 42.5 Å². The van der Waals surface area contributed by atoms with Crippen LogP contribution in [0, 0.1) is 11.8 Å². The van der Waals surface area contributed by atoms with Crippen molar-refractivity contribution in [3.05, 3.63) is 42.5 Å². The minimum atomic E-state index is -1.21. The first-order valence-electron chi connectivity index (χ1n) is 5.96. The lowest BCUT2D eigenvalue weighted by atomic mass is 9.87. The van der Waals surface area contributed by atoms with E-state index in [2.05, 4.69) is 11.4 Å². The molecule has 0 aliphatic heterocycles. The summed E-state index contributed by atoms with van der Waals surface area (Å²) >= 11 is 0. The predicted molar refractivity (Wildman–Crippen MR) is 65.4 cm³/mol. The SMILES string of the molecule is O=C(Nc1ccccc1)[C@@]1(O)C[C@@H]2C=C[C@H]1C2. The number of hydrogen-bond donors (Lipinski definition) is 2. The maximum absolute atomic E-state index is 12.1. The Hall–Kier alpha value is -1.61. The molecule has 0 aromatic heterocycles. The van der Waals surface area contributed by atoms with Crippen LogP contribution in [0.4, 0.5) is 5.69 Å². The second-order valence-electron chi connectivity index (χ2n) is 4.94. The normalized spacial score (nSPS) is 33.9. The number of amides is 1. The van der Waals surface area contributed by atoms with Crippen LogP contribution < -0.4 is 5.32 Å². The largest absolute Gasteiger partial charge is 0.379 e. The van der Waals surface area contributed by atoms with E-state index in [1.54, 1.807) is 0 Å². The molecule has 88 valence electrons. The Morgan fingerprint density at radius 3 is 2.65 bits per heavy atom. The van der Waals surface area contributed by atoms with Crippen molar-refractivity contribution in [1.29, 1.82) is 0 Å². The molecule has 1 aromatic rings. The number of fused-ring (bicyclic) bond motifs is 2. The third-order valence-corrected chi connectivity index (χ3v) is 3.78. The van der Waals surface area contributed by atoms with Gasteiger partial charge in [0.25, 0.3) is 5.91 Å². The molecule has 2 N–H and O–H groups in total. The minimum absolute atomic E-state index is 0.0174. The number of hydrogen-bond acceptors (Lipinski definition) is 2. The van der Waals surface area contributed by atoms with E-state index in [1.165, 1.54) is 0 Å². The molecule has 3 nitrogen and oxygen atoms in total. The molecule has 3 rings (SSSR count). The maximum atomic E-state index is 12.1. The summed E-state index contributed by atoms with van der Waals surface area (Å²) in [5.41, 5.74) is -0.479. The van der Waals surface area contributed by atoms with Crippen LogP contribution in [0.1, 0.15) is 12.8 Å². The number of rotatable bonds is 2. The Kier molecular flexibility index (Phi) is 2.30. The second kappa shape index (κ2) is 3.70. The van der Waals surface area contributed by atoms with Gasteiger partial charge in [0.2, 0.25) is 0 Å². The van der Waals surface area contributed by atoms with Crippen LogP contribution in [0.3, 0.4) is 0 Å². The van der Waals surface area contributed by atoms with Crippen LogP contribution >= 0.6 is 0 Å². The van der Waals surface area contributed by atoms with E-state index in [1.807, 2.05) is 36.4 Å². The quantitative estimate of drug-likeness (QED) is 0.761. The van der Waals surface area contributed by atoms with Crippen LogP contribution in [-0.2, 0) is 4.79 Å². The van der Waals surface area contributed by atoms with E-state index in [4.69, 9.17) is 0 Å². The zero-order chi connectivity index (χ0) is 11.9.